The lowest BCUT2D eigenvalue weighted by Crippen LogP contribution is -2.00. The minimum Gasteiger partial charge on any atom is -0.497 e. The number of fused-ring (bicyclic) bond motifs is 1. The molecule has 4 nitrogen and oxygen atoms in total. The number of anilines is 1. The zero-order valence-electron chi connectivity index (χ0n) is 10.6. The van der Waals surface area contributed by atoms with E-state index in [9.17, 15) is 0 Å². The molecule has 0 fully saturated rings. The van der Waals surface area contributed by atoms with Gasteiger partial charge >= 0.3 is 0 Å². The second-order valence-corrected chi connectivity index (χ2v) is 5.16. The lowest BCUT2D eigenvalue weighted by molar-refractivity contribution is 0.415. The summed E-state index contributed by atoms with van der Waals surface area (Å²) in [6.07, 6.45) is 0. The van der Waals surface area contributed by atoms with Crippen molar-refractivity contribution in [1.29, 1.82) is 0 Å². The summed E-state index contributed by atoms with van der Waals surface area (Å²) in [5.74, 6) is 1.10. The first kappa shape index (κ1) is 13.1. The van der Waals surface area contributed by atoms with Gasteiger partial charge in [-0.25, -0.2) is 4.98 Å². The quantitative estimate of drug-likeness (QED) is 0.780. The summed E-state index contributed by atoms with van der Waals surface area (Å²) in [5, 5.41) is 1.08. The predicted octanol–water partition coefficient (Wildman–Crippen LogP) is 3.92. The summed E-state index contributed by atoms with van der Waals surface area (Å²) in [4.78, 5) is 4.32. The Hall–Kier alpha value is -1.91. The summed E-state index contributed by atoms with van der Waals surface area (Å²) in [5.41, 5.74) is 8.37. The van der Waals surface area contributed by atoms with Crippen LogP contribution in [0.5, 0.6) is 5.75 Å². The Morgan fingerprint density at radius 2 is 1.80 bits per heavy atom. The normalized spacial score (nSPS) is 10.9. The molecule has 0 unspecified atom stereocenters. The van der Waals surface area contributed by atoms with Crippen LogP contribution < -0.4 is 10.5 Å². The fourth-order valence-electron chi connectivity index (χ4n) is 2.14. The van der Waals surface area contributed by atoms with E-state index in [0.717, 1.165) is 22.5 Å². The number of nitrogens with two attached hydrogens (primary N) is 1. The van der Waals surface area contributed by atoms with E-state index in [1.165, 1.54) is 0 Å². The standard InChI is InChI=1S/C14H11Cl2N3O/c1-20-11-2-3-12-13(7-11)19(14(17)18-12)10-5-8(15)4-9(16)6-10/h2-7H,1H3,(H2,17,18). The monoisotopic (exact) mass is 307 g/mol. The molecule has 1 aromatic heterocycles. The van der Waals surface area contributed by atoms with Crippen molar-refractivity contribution in [3.8, 4) is 11.4 Å². The van der Waals surface area contributed by atoms with Crippen LogP contribution in [0.3, 0.4) is 0 Å². The van der Waals surface area contributed by atoms with Gasteiger partial charge in [-0.3, -0.25) is 4.57 Å². The highest BCUT2D eigenvalue weighted by molar-refractivity contribution is 6.34. The number of ether oxygens (including phenoxy) is 1. The molecule has 1 heterocycles. The van der Waals surface area contributed by atoms with Crippen LogP contribution in [-0.2, 0) is 0 Å². The van der Waals surface area contributed by atoms with Crippen LogP contribution in [-0.4, -0.2) is 16.7 Å². The molecule has 20 heavy (non-hydrogen) atoms. The van der Waals surface area contributed by atoms with Crippen LogP contribution in [0, 0.1) is 0 Å². The molecular weight excluding hydrogens is 297 g/mol. The number of aromatic nitrogens is 2. The van der Waals surface area contributed by atoms with Crippen molar-refractivity contribution in [1.82, 2.24) is 9.55 Å². The molecule has 102 valence electrons. The van der Waals surface area contributed by atoms with Crippen molar-refractivity contribution < 1.29 is 4.74 Å². The van der Waals surface area contributed by atoms with E-state index < -0.39 is 0 Å². The Morgan fingerprint density at radius 1 is 1.10 bits per heavy atom. The molecule has 0 radical (unpaired) electrons. The van der Waals surface area contributed by atoms with E-state index in [1.807, 2.05) is 18.2 Å². The number of nitrogens with zero attached hydrogens (tertiary/aromatic N) is 2. The average molecular weight is 308 g/mol. The van der Waals surface area contributed by atoms with Crippen molar-refractivity contribution in [3.05, 3.63) is 46.4 Å². The van der Waals surface area contributed by atoms with Crippen molar-refractivity contribution in [2.75, 3.05) is 12.8 Å². The number of halogens is 2. The lowest BCUT2D eigenvalue weighted by Gasteiger charge is -2.08. The minimum absolute atomic E-state index is 0.367. The van der Waals surface area contributed by atoms with E-state index in [4.69, 9.17) is 33.7 Å². The van der Waals surface area contributed by atoms with E-state index >= 15 is 0 Å². The molecule has 3 aromatic rings. The van der Waals surface area contributed by atoms with E-state index in [0.29, 0.717) is 16.0 Å². The molecule has 0 aliphatic rings. The topological polar surface area (TPSA) is 53.1 Å². The number of imidazole rings is 1. The first-order valence-electron chi connectivity index (χ1n) is 5.87. The number of methoxy groups -OCH3 is 1. The summed E-state index contributed by atoms with van der Waals surface area (Å²) < 4.78 is 7.02. The molecule has 0 atom stereocenters. The van der Waals surface area contributed by atoms with Gasteiger partial charge in [-0.05, 0) is 30.3 Å². The first-order chi connectivity index (χ1) is 9.58. The fourth-order valence-corrected chi connectivity index (χ4v) is 2.65. The van der Waals surface area contributed by atoms with Gasteiger partial charge in [-0.1, -0.05) is 23.2 Å². The van der Waals surface area contributed by atoms with Crippen molar-refractivity contribution in [3.63, 3.8) is 0 Å². The molecule has 2 N–H and O–H groups in total. The van der Waals surface area contributed by atoms with E-state index in [1.54, 1.807) is 29.9 Å². The van der Waals surface area contributed by atoms with Gasteiger partial charge in [0, 0.05) is 16.1 Å². The smallest absolute Gasteiger partial charge is 0.205 e. The summed E-state index contributed by atoms with van der Waals surface area (Å²) in [6, 6.07) is 10.8. The first-order valence-corrected chi connectivity index (χ1v) is 6.62. The third-order valence-electron chi connectivity index (χ3n) is 2.99. The van der Waals surface area contributed by atoms with Crippen molar-refractivity contribution in [2.45, 2.75) is 0 Å². The van der Waals surface area contributed by atoms with Crippen LogP contribution in [0.2, 0.25) is 10.0 Å². The average Bonchev–Trinajstić information content (AvgIpc) is 2.72. The number of nitrogen functional groups attached to an aromatic ring is 1. The molecule has 0 amide bonds. The van der Waals surface area contributed by atoms with Gasteiger partial charge in [-0.2, -0.15) is 0 Å². The minimum atomic E-state index is 0.367. The predicted molar refractivity (Wildman–Crippen MR) is 82.1 cm³/mol. The number of rotatable bonds is 2. The second kappa shape index (κ2) is 4.89. The SMILES string of the molecule is COc1ccc2nc(N)n(-c3cc(Cl)cc(Cl)c3)c2c1. The molecule has 6 heteroatoms. The summed E-state index contributed by atoms with van der Waals surface area (Å²) >= 11 is 12.1. The second-order valence-electron chi connectivity index (χ2n) is 4.29. The lowest BCUT2D eigenvalue weighted by atomic mass is 10.2. The molecule has 0 bridgehead atoms. The van der Waals surface area contributed by atoms with Crippen molar-refractivity contribution in [2.24, 2.45) is 0 Å². The van der Waals surface area contributed by atoms with E-state index in [-0.39, 0.29) is 0 Å². The highest BCUT2D eigenvalue weighted by atomic mass is 35.5. The third kappa shape index (κ3) is 2.17. The van der Waals surface area contributed by atoms with E-state index in [2.05, 4.69) is 4.98 Å². The van der Waals surface area contributed by atoms with Crippen LogP contribution in [0.25, 0.3) is 16.7 Å². The molecule has 2 aromatic carbocycles. The van der Waals surface area contributed by atoms with Gasteiger partial charge in [0.25, 0.3) is 0 Å². The zero-order chi connectivity index (χ0) is 14.3. The van der Waals surface area contributed by atoms with Gasteiger partial charge in [0.15, 0.2) is 0 Å². The molecule has 0 saturated carbocycles. The highest BCUT2D eigenvalue weighted by Crippen LogP contribution is 2.29. The van der Waals surface area contributed by atoms with Gasteiger partial charge in [0.1, 0.15) is 5.75 Å². The highest BCUT2D eigenvalue weighted by Gasteiger charge is 2.12. The Bertz CT molecular complexity index is 778. The fraction of sp³-hybridized carbons (Fsp3) is 0.0714. The molecule has 3 rings (SSSR count). The van der Waals surface area contributed by atoms with Gasteiger partial charge < -0.3 is 10.5 Å². The van der Waals surface area contributed by atoms with Gasteiger partial charge in [-0.15, -0.1) is 0 Å². The maximum Gasteiger partial charge on any atom is 0.205 e. The molecule has 0 aliphatic heterocycles. The Labute approximate surface area is 125 Å². The third-order valence-corrected chi connectivity index (χ3v) is 3.43. The number of hydrogen-bond acceptors (Lipinski definition) is 3. The maximum atomic E-state index is 6.05. The van der Waals surface area contributed by atoms with Crippen LogP contribution in [0.4, 0.5) is 5.95 Å². The number of benzene rings is 2. The Balaban J connectivity index is 2.31. The largest absolute Gasteiger partial charge is 0.497 e. The zero-order valence-corrected chi connectivity index (χ0v) is 12.1. The Morgan fingerprint density at radius 3 is 2.45 bits per heavy atom. The molecule has 0 spiro atoms. The van der Waals surface area contributed by atoms with Crippen molar-refractivity contribution >= 4 is 40.2 Å². The van der Waals surface area contributed by atoms with Gasteiger partial charge in [0.05, 0.1) is 23.8 Å². The maximum absolute atomic E-state index is 6.05. The summed E-state index contributed by atoms with van der Waals surface area (Å²) in [7, 11) is 1.61. The molecule has 0 aliphatic carbocycles. The van der Waals surface area contributed by atoms with Gasteiger partial charge in [0.2, 0.25) is 5.95 Å². The summed E-state index contributed by atoms with van der Waals surface area (Å²) in [6.45, 7) is 0. The Kier molecular flexibility index (Phi) is 3.20. The van der Waals surface area contributed by atoms with Crippen LogP contribution in [0.1, 0.15) is 0 Å². The molecular formula is C14H11Cl2N3O. The van der Waals surface area contributed by atoms with Crippen LogP contribution >= 0.6 is 23.2 Å². The van der Waals surface area contributed by atoms with Crippen LogP contribution in [0.15, 0.2) is 36.4 Å². The molecule has 0 saturated heterocycles. The number of hydrogen-bond donors (Lipinski definition) is 1.